The van der Waals surface area contributed by atoms with Gasteiger partial charge in [0.25, 0.3) is 0 Å². The molecule has 22 heavy (non-hydrogen) atoms. The van der Waals surface area contributed by atoms with Crippen LogP contribution < -0.4 is 10.6 Å². The predicted molar refractivity (Wildman–Crippen MR) is 84.3 cm³/mol. The number of esters is 1. The molecule has 1 heterocycles. The molecule has 1 aromatic heterocycles. The van der Waals surface area contributed by atoms with Crippen molar-refractivity contribution in [2.75, 3.05) is 17.2 Å². The SMILES string of the molecule is CCOC(=O)c1ccnc(NC(=O)Nc2cccc(Cl)c2)c1. The molecule has 2 amide bonds. The molecule has 114 valence electrons. The average molecular weight is 320 g/mol. The number of aromatic nitrogens is 1. The highest BCUT2D eigenvalue weighted by Crippen LogP contribution is 2.15. The maximum absolute atomic E-state index is 11.9. The van der Waals surface area contributed by atoms with Crippen LogP contribution in [0.3, 0.4) is 0 Å². The van der Waals surface area contributed by atoms with Gasteiger partial charge in [-0.25, -0.2) is 14.6 Å². The van der Waals surface area contributed by atoms with Crippen LogP contribution in [0.1, 0.15) is 17.3 Å². The van der Waals surface area contributed by atoms with Crippen molar-refractivity contribution in [1.82, 2.24) is 4.98 Å². The summed E-state index contributed by atoms with van der Waals surface area (Å²) in [4.78, 5) is 27.5. The summed E-state index contributed by atoms with van der Waals surface area (Å²) >= 11 is 5.84. The molecule has 0 saturated carbocycles. The Labute approximate surface area is 132 Å². The van der Waals surface area contributed by atoms with Crippen LogP contribution in [-0.4, -0.2) is 23.6 Å². The van der Waals surface area contributed by atoms with Crippen LogP contribution in [0.25, 0.3) is 0 Å². The molecule has 2 rings (SSSR count). The molecule has 7 heteroatoms. The maximum Gasteiger partial charge on any atom is 0.338 e. The Morgan fingerprint density at radius 1 is 1.23 bits per heavy atom. The number of nitrogens with one attached hydrogen (secondary N) is 2. The zero-order chi connectivity index (χ0) is 15.9. The summed E-state index contributed by atoms with van der Waals surface area (Å²) in [5.41, 5.74) is 0.862. The van der Waals surface area contributed by atoms with Crippen molar-refractivity contribution in [2.24, 2.45) is 0 Å². The first-order chi connectivity index (χ1) is 10.6. The molecule has 0 aliphatic heterocycles. The van der Waals surface area contributed by atoms with E-state index in [1.54, 1.807) is 31.2 Å². The topological polar surface area (TPSA) is 80.3 Å². The van der Waals surface area contributed by atoms with E-state index >= 15 is 0 Å². The molecule has 0 radical (unpaired) electrons. The molecule has 0 bridgehead atoms. The minimum atomic E-state index is -0.490. The first-order valence-electron chi connectivity index (χ1n) is 6.55. The smallest absolute Gasteiger partial charge is 0.338 e. The number of hydrogen-bond acceptors (Lipinski definition) is 4. The first-order valence-corrected chi connectivity index (χ1v) is 6.93. The summed E-state index contributed by atoms with van der Waals surface area (Å²) in [7, 11) is 0. The number of rotatable bonds is 4. The largest absolute Gasteiger partial charge is 0.462 e. The molecule has 0 atom stereocenters. The van der Waals surface area contributed by atoms with E-state index in [-0.39, 0.29) is 12.4 Å². The zero-order valence-electron chi connectivity index (χ0n) is 11.8. The number of urea groups is 1. The molecule has 1 aromatic carbocycles. The lowest BCUT2D eigenvalue weighted by molar-refractivity contribution is 0.0526. The van der Waals surface area contributed by atoms with Crippen molar-refractivity contribution in [1.29, 1.82) is 0 Å². The number of benzene rings is 1. The fourth-order valence-electron chi connectivity index (χ4n) is 1.69. The summed E-state index contributed by atoms with van der Waals surface area (Å²) in [5, 5.41) is 5.66. The molecule has 6 nitrogen and oxygen atoms in total. The molecule has 0 aliphatic carbocycles. The number of carbonyl (C=O) groups excluding carboxylic acids is 2. The molecule has 2 aromatic rings. The van der Waals surface area contributed by atoms with E-state index in [4.69, 9.17) is 16.3 Å². The second-order valence-corrected chi connectivity index (χ2v) is 4.68. The number of nitrogens with zero attached hydrogens (tertiary/aromatic N) is 1. The third-order valence-corrected chi connectivity index (χ3v) is 2.83. The molecule has 2 N–H and O–H groups in total. The van der Waals surface area contributed by atoms with Crippen LogP contribution >= 0.6 is 11.6 Å². The standard InChI is InChI=1S/C15H14ClN3O3/c1-2-22-14(20)10-6-7-17-13(8-10)19-15(21)18-12-5-3-4-11(16)9-12/h3-9H,2H2,1H3,(H2,17,18,19,21). The second-order valence-electron chi connectivity index (χ2n) is 4.24. The van der Waals surface area contributed by atoms with Gasteiger partial charge in [-0.05, 0) is 37.3 Å². The van der Waals surface area contributed by atoms with E-state index in [1.165, 1.54) is 18.3 Å². The van der Waals surface area contributed by atoms with Gasteiger partial charge < -0.3 is 10.1 Å². The van der Waals surface area contributed by atoms with Gasteiger partial charge in [-0.1, -0.05) is 17.7 Å². The Kier molecular flexibility index (Phi) is 5.32. The van der Waals surface area contributed by atoms with Crippen LogP contribution in [0, 0.1) is 0 Å². The number of carbonyl (C=O) groups is 2. The Morgan fingerprint density at radius 2 is 2.05 bits per heavy atom. The summed E-state index contributed by atoms with van der Waals surface area (Å²) in [6.07, 6.45) is 1.42. The summed E-state index contributed by atoms with van der Waals surface area (Å²) < 4.78 is 4.89. The van der Waals surface area contributed by atoms with Crippen LogP contribution in [0.4, 0.5) is 16.3 Å². The Balaban J connectivity index is 2.02. The number of ether oxygens (including phenoxy) is 1. The zero-order valence-corrected chi connectivity index (χ0v) is 12.6. The number of anilines is 2. The lowest BCUT2D eigenvalue weighted by atomic mass is 10.2. The van der Waals surface area contributed by atoms with Gasteiger partial charge in [-0.3, -0.25) is 5.32 Å². The Hall–Kier alpha value is -2.60. The quantitative estimate of drug-likeness (QED) is 0.844. The Morgan fingerprint density at radius 3 is 2.77 bits per heavy atom. The van der Waals surface area contributed by atoms with E-state index in [9.17, 15) is 9.59 Å². The molecular weight excluding hydrogens is 306 g/mol. The highest BCUT2D eigenvalue weighted by molar-refractivity contribution is 6.30. The van der Waals surface area contributed by atoms with E-state index in [2.05, 4.69) is 15.6 Å². The predicted octanol–water partition coefficient (Wildman–Crippen LogP) is 3.56. The molecular formula is C15H14ClN3O3. The number of hydrogen-bond donors (Lipinski definition) is 2. The van der Waals surface area contributed by atoms with E-state index in [0.717, 1.165) is 0 Å². The number of halogens is 1. The van der Waals surface area contributed by atoms with Gasteiger partial charge in [0.2, 0.25) is 0 Å². The molecule has 0 spiro atoms. The van der Waals surface area contributed by atoms with Crippen molar-refractivity contribution >= 4 is 35.1 Å². The van der Waals surface area contributed by atoms with Gasteiger partial charge in [0.05, 0.1) is 12.2 Å². The van der Waals surface area contributed by atoms with Crippen molar-refractivity contribution in [3.05, 3.63) is 53.2 Å². The third-order valence-electron chi connectivity index (χ3n) is 2.60. The normalized spacial score (nSPS) is 9.91. The second kappa shape index (κ2) is 7.42. The maximum atomic E-state index is 11.9. The number of amides is 2. The highest BCUT2D eigenvalue weighted by atomic mass is 35.5. The van der Waals surface area contributed by atoms with Gasteiger partial charge in [0.15, 0.2) is 0 Å². The average Bonchev–Trinajstić information content (AvgIpc) is 2.47. The molecule has 0 saturated heterocycles. The lowest BCUT2D eigenvalue weighted by Gasteiger charge is -2.08. The minimum Gasteiger partial charge on any atom is -0.462 e. The van der Waals surface area contributed by atoms with Crippen LogP contribution in [0.15, 0.2) is 42.6 Å². The molecule has 0 fully saturated rings. The molecule has 0 aliphatic rings. The van der Waals surface area contributed by atoms with Crippen molar-refractivity contribution in [2.45, 2.75) is 6.92 Å². The summed E-state index contributed by atoms with van der Waals surface area (Å²) in [5.74, 6) is -0.228. The monoisotopic (exact) mass is 319 g/mol. The Bertz CT molecular complexity index is 691. The van der Waals surface area contributed by atoms with Gasteiger partial charge >= 0.3 is 12.0 Å². The van der Waals surface area contributed by atoms with Crippen molar-refractivity contribution in [3.63, 3.8) is 0 Å². The third kappa shape index (κ3) is 4.46. The first kappa shape index (κ1) is 15.8. The van der Waals surface area contributed by atoms with E-state index in [0.29, 0.717) is 16.3 Å². The van der Waals surface area contributed by atoms with E-state index in [1.807, 2.05) is 0 Å². The van der Waals surface area contributed by atoms with Gasteiger partial charge in [-0.15, -0.1) is 0 Å². The van der Waals surface area contributed by atoms with Crippen LogP contribution in [-0.2, 0) is 4.74 Å². The van der Waals surface area contributed by atoms with Crippen molar-refractivity contribution in [3.8, 4) is 0 Å². The summed E-state index contributed by atoms with van der Waals surface area (Å²) in [6.45, 7) is 2.00. The van der Waals surface area contributed by atoms with Crippen molar-refractivity contribution < 1.29 is 14.3 Å². The van der Waals surface area contributed by atoms with Gasteiger partial charge in [0, 0.05) is 16.9 Å². The fourth-order valence-corrected chi connectivity index (χ4v) is 1.88. The summed E-state index contributed by atoms with van der Waals surface area (Å²) in [6, 6.07) is 9.20. The highest BCUT2D eigenvalue weighted by Gasteiger charge is 2.09. The van der Waals surface area contributed by atoms with Crippen LogP contribution in [0.5, 0.6) is 0 Å². The fraction of sp³-hybridized carbons (Fsp3) is 0.133. The van der Waals surface area contributed by atoms with Crippen LogP contribution in [0.2, 0.25) is 5.02 Å². The number of pyridine rings is 1. The van der Waals surface area contributed by atoms with Gasteiger partial charge in [0.1, 0.15) is 5.82 Å². The van der Waals surface area contributed by atoms with E-state index < -0.39 is 12.0 Å². The minimum absolute atomic E-state index is 0.241. The molecule has 0 unspecified atom stereocenters. The van der Waals surface area contributed by atoms with Gasteiger partial charge in [-0.2, -0.15) is 0 Å². The lowest BCUT2D eigenvalue weighted by Crippen LogP contribution is -2.20.